The van der Waals surface area contributed by atoms with Crippen molar-refractivity contribution >= 4 is 34.9 Å². The van der Waals surface area contributed by atoms with Crippen LogP contribution in [0.4, 0.5) is 9.59 Å². The van der Waals surface area contributed by atoms with Crippen LogP contribution in [0.2, 0.25) is 0 Å². The van der Waals surface area contributed by atoms with Crippen LogP contribution in [-0.2, 0) is 31.1 Å². The van der Waals surface area contributed by atoms with E-state index < -0.39 is 30.4 Å². The summed E-state index contributed by atoms with van der Waals surface area (Å²) in [5.41, 5.74) is 0.312. The van der Waals surface area contributed by atoms with E-state index in [2.05, 4.69) is 10.3 Å². The van der Waals surface area contributed by atoms with Gasteiger partial charge in [0.25, 0.3) is 5.91 Å². The molecule has 40 heavy (non-hydrogen) atoms. The maximum absolute atomic E-state index is 14.0. The number of methoxy groups -OCH3 is 1. The second-order valence-electron chi connectivity index (χ2n) is 9.77. The zero-order valence-corrected chi connectivity index (χ0v) is 21.7. The lowest BCUT2D eigenvalue weighted by atomic mass is 9.95. The normalized spacial score (nSPS) is 21.1. The molecule has 0 spiro atoms. The molecule has 0 radical (unpaired) electrons. The van der Waals surface area contributed by atoms with Crippen molar-refractivity contribution in [2.45, 2.75) is 31.0 Å². The second kappa shape index (κ2) is 10.2. The molecule has 2 N–H and O–H groups in total. The Morgan fingerprint density at radius 3 is 2.83 bits per heavy atom. The highest BCUT2D eigenvalue weighted by atomic mass is 16.7. The number of amidine groups is 1. The van der Waals surface area contributed by atoms with Crippen LogP contribution in [0.15, 0.2) is 47.1 Å². The first-order valence-corrected chi connectivity index (χ1v) is 12.8. The number of fused-ring (bicyclic) bond motifs is 2. The Hall–Kier alpha value is -4.65. The number of aromatic nitrogens is 1. The molecule has 0 saturated carbocycles. The number of imide groups is 1. The number of rotatable bonds is 7. The van der Waals surface area contributed by atoms with Crippen LogP contribution in [0.5, 0.6) is 5.75 Å². The predicted molar refractivity (Wildman–Crippen MR) is 138 cm³/mol. The molecule has 1 aromatic carbocycles. The molecule has 2 aromatic heterocycles. The number of carbonyl (C=O) groups is 3. The van der Waals surface area contributed by atoms with Crippen LogP contribution in [0, 0.1) is 5.41 Å². The van der Waals surface area contributed by atoms with Gasteiger partial charge < -0.3 is 33.6 Å². The van der Waals surface area contributed by atoms with Crippen molar-refractivity contribution in [3.8, 4) is 5.75 Å². The Labute approximate surface area is 228 Å². The molecule has 1 atom stereocenters. The lowest BCUT2D eigenvalue weighted by Crippen LogP contribution is -2.52. The van der Waals surface area contributed by atoms with E-state index in [0.29, 0.717) is 54.9 Å². The van der Waals surface area contributed by atoms with Crippen molar-refractivity contribution in [1.29, 1.82) is 5.41 Å². The Morgan fingerprint density at radius 1 is 1.23 bits per heavy atom. The highest BCUT2D eigenvalue weighted by Crippen LogP contribution is 2.37. The van der Waals surface area contributed by atoms with Gasteiger partial charge in [0.05, 0.1) is 26.9 Å². The average Bonchev–Trinajstić information content (AvgIpc) is 3.60. The monoisotopic (exact) mass is 549 g/mol. The number of hydrogen-bond acceptors (Lipinski definition) is 10. The lowest BCUT2D eigenvalue weighted by molar-refractivity contribution is -0.135. The lowest BCUT2D eigenvalue weighted by Gasteiger charge is -2.30. The first-order valence-electron chi connectivity index (χ1n) is 12.8. The van der Waals surface area contributed by atoms with E-state index >= 15 is 0 Å². The molecule has 3 aromatic rings. The first-order chi connectivity index (χ1) is 19.4. The summed E-state index contributed by atoms with van der Waals surface area (Å²) in [6.07, 6.45) is 2.89. The van der Waals surface area contributed by atoms with Crippen LogP contribution >= 0.6 is 0 Å². The number of hydrogen-bond donors (Lipinski definition) is 2. The molecular formula is C27H27N5O8. The summed E-state index contributed by atoms with van der Waals surface area (Å²) in [5.74, 6) is 0.251. The molecule has 3 amide bonds. The number of furan rings is 1. The largest absolute Gasteiger partial charge is 0.510 e. The van der Waals surface area contributed by atoms with Gasteiger partial charge >= 0.3 is 12.2 Å². The zero-order chi connectivity index (χ0) is 27.9. The van der Waals surface area contributed by atoms with Gasteiger partial charge in [-0.25, -0.2) is 14.5 Å². The Morgan fingerprint density at radius 2 is 2.05 bits per heavy atom. The maximum atomic E-state index is 14.0. The van der Waals surface area contributed by atoms with E-state index in [-0.39, 0.29) is 24.2 Å². The third-order valence-electron chi connectivity index (χ3n) is 7.33. The van der Waals surface area contributed by atoms with E-state index in [4.69, 9.17) is 28.8 Å². The number of pyridine rings is 1. The fourth-order valence-corrected chi connectivity index (χ4v) is 5.19. The van der Waals surface area contributed by atoms with E-state index in [1.807, 2.05) is 6.07 Å². The van der Waals surface area contributed by atoms with Crippen molar-refractivity contribution in [2.24, 2.45) is 0 Å². The third kappa shape index (κ3) is 4.47. The Balaban J connectivity index is 1.27. The number of nitrogens with zero attached hydrogens (tertiary/aromatic N) is 3. The average molecular weight is 550 g/mol. The molecule has 208 valence electrons. The summed E-state index contributed by atoms with van der Waals surface area (Å²) < 4.78 is 27.1. The molecule has 6 rings (SSSR count). The molecule has 0 unspecified atom stereocenters. The first kappa shape index (κ1) is 25.6. The van der Waals surface area contributed by atoms with E-state index in [1.165, 1.54) is 0 Å². The topological polar surface area (TPSA) is 157 Å². The number of ether oxygens (including phenoxy) is 4. The summed E-state index contributed by atoms with van der Waals surface area (Å²) in [4.78, 5) is 46.0. The van der Waals surface area contributed by atoms with Gasteiger partial charge in [-0.1, -0.05) is 6.07 Å². The SMILES string of the molecule is COc1ccc2c(c1)C(=N)N(C[C@@]1(c3cc4cnccc4o3)NC(=O)N(COC(=O)OC3CCOCC3)C1=O)C2. The third-order valence-corrected chi connectivity index (χ3v) is 7.33. The fraction of sp³-hybridized carbons (Fsp3) is 0.370. The summed E-state index contributed by atoms with van der Waals surface area (Å²) in [6.45, 7) is 0.527. The van der Waals surface area contributed by atoms with E-state index in [0.717, 1.165) is 10.5 Å². The van der Waals surface area contributed by atoms with Crippen LogP contribution in [0.1, 0.15) is 29.7 Å². The number of nitrogens with one attached hydrogen (secondary N) is 2. The molecule has 0 aliphatic carbocycles. The van der Waals surface area contributed by atoms with Gasteiger partial charge in [-0.2, -0.15) is 0 Å². The van der Waals surface area contributed by atoms with Gasteiger partial charge in [0.2, 0.25) is 0 Å². The summed E-state index contributed by atoms with van der Waals surface area (Å²) in [5, 5.41) is 12.2. The van der Waals surface area contributed by atoms with E-state index in [1.54, 1.807) is 48.7 Å². The zero-order valence-electron chi connectivity index (χ0n) is 21.7. The number of benzene rings is 1. The highest BCUT2D eigenvalue weighted by Gasteiger charge is 2.56. The minimum Gasteiger partial charge on any atom is -0.497 e. The molecule has 13 heteroatoms. The summed E-state index contributed by atoms with van der Waals surface area (Å²) >= 11 is 0. The second-order valence-corrected chi connectivity index (χ2v) is 9.77. The van der Waals surface area contributed by atoms with Crippen LogP contribution in [0.3, 0.4) is 0 Å². The van der Waals surface area contributed by atoms with E-state index in [9.17, 15) is 14.4 Å². The van der Waals surface area contributed by atoms with Crippen molar-refractivity contribution in [1.82, 2.24) is 20.1 Å². The molecular weight excluding hydrogens is 522 g/mol. The van der Waals surface area contributed by atoms with Gasteiger partial charge in [-0.3, -0.25) is 15.2 Å². The van der Waals surface area contributed by atoms with Crippen molar-refractivity contribution in [2.75, 3.05) is 33.6 Å². The molecule has 2 fully saturated rings. The standard InChI is InChI=1S/C27H27N5O8/c1-36-19-3-2-16-13-31(23(28)20(16)11-19)14-27(22-10-17-12-29-7-4-21(17)40-22)24(33)32(25(34)30-27)15-38-26(35)39-18-5-8-37-9-6-18/h2-4,7,10-12,18,28H,5-6,8-9,13-15H2,1H3,(H,30,34)/t27-/m0/s1. The van der Waals surface area contributed by atoms with Crippen molar-refractivity contribution < 1.29 is 37.7 Å². The maximum Gasteiger partial charge on any atom is 0.510 e. The minimum atomic E-state index is -1.71. The van der Waals surface area contributed by atoms with Gasteiger partial charge in [-0.15, -0.1) is 0 Å². The molecule has 3 aliphatic heterocycles. The molecule has 0 bridgehead atoms. The van der Waals surface area contributed by atoms with Gasteiger partial charge in [0.15, 0.2) is 12.3 Å². The summed E-state index contributed by atoms with van der Waals surface area (Å²) in [7, 11) is 1.55. The van der Waals surface area contributed by atoms with Crippen LogP contribution in [-0.4, -0.2) is 78.4 Å². The Kier molecular flexibility index (Phi) is 6.50. The summed E-state index contributed by atoms with van der Waals surface area (Å²) in [6, 6.07) is 7.95. The smallest absolute Gasteiger partial charge is 0.497 e. The number of amides is 3. The number of urea groups is 1. The molecule has 13 nitrogen and oxygen atoms in total. The quantitative estimate of drug-likeness (QED) is 0.332. The van der Waals surface area contributed by atoms with Gasteiger partial charge in [0, 0.05) is 42.7 Å². The molecule has 5 heterocycles. The molecule has 2 saturated heterocycles. The van der Waals surface area contributed by atoms with Crippen LogP contribution in [0.25, 0.3) is 11.0 Å². The van der Waals surface area contributed by atoms with Gasteiger partial charge in [0.1, 0.15) is 29.0 Å². The fourth-order valence-electron chi connectivity index (χ4n) is 5.19. The van der Waals surface area contributed by atoms with Crippen molar-refractivity contribution in [3.05, 3.63) is 59.6 Å². The van der Waals surface area contributed by atoms with Gasteiger partial charge in [-0.05, 0) is 29.8 Å². The predicted octanol–water partition coefficient (Wildman–Crippen LogP) is 2.71. The highest BCUT2D eigenvalue weighted by molar-refractivity contribution is 6.08. The number of carbonyl (C=O) groups excluding carboxylic acids is 3. The van der Waals surface area contributed by atoms with Crippen LogP contribution < -0.4 is 10.1 Å². The Bertz CT molecular complexity index is 1470. The molecule has 3 aliphatic rings. The van der Waals surface area contributed by atoms with Crippen molar-refractivity contribution in [3.63, 3.8) is 0 Å². The minimum absolute atomic E-state index is 0.107.